The Labute approximate surface area is 110 Å². The molecular formula is C13H13ClN2O2. The van der Waals surface area contributed by atoms with Gasteiger partial charge in [0.15, 0.2) is 0 Å². The summed E-state index contributed by atoms with van der Waals surface area (Å²) in [5, 5.41) is 21.2. The second-order valence-electron chi connectivity index (χ2n) is 4.00. The van der Waals surface area contributed by atoms with E-state index in [4.69, 9.17) is 17.4 Å². The smallest absolute Gasteiger partial charge is 0.140 e. The van der Waals surface area contributed by atoms with E-state index in [2.05, 4.69) is 0 Å². The average Bonchev–Trinajstić information content (AvgIpc) is 2.34. The van der Waals surface area contributed by atoms with E-state index in [0.29, 0.717) is 16.4 Å². The minimum atomic E-state index is -0.0113. The Morgan fingerprint density at radius 1 is 1.00 bits per heavy atom. The molecule has 0 amide bonds. The van der Waals surface area contributed by atoms with E-state index < -0.39 is 0 Å². The van der Waals surface area contributed by atoms with Gasteiger partial charge < -0.3 is 10.2 Å². The van der Waals surface area contributed by atoms with Crippen LogP contribution in [0.25, 0.3) is 0 Å². The van der Waals surface area contributed by atoms with Gasteiger partial charge in [-0.25, -0.2) is 5.84 Å². The molecule has 0 atom stereocenters. The second kappa shape index (κ2) is 4.76. The number of hydrazine groups is 1. The Balaban J connectivity index is 2.50. The first-order valence-electron chi connectivity index (χ1n) is 5.32. The molecule has 0 spiro atoms. The lowest BCUT2D eigenvalue weighted by Gasteiger charge is -2.21. The van der Waals surface area contributed by atoms with Crippen LogP contribution in [0.2, 0.25) is 5.02 Å². The van der Waals surface area contributed by atoms with Gasteiger partial charge in [0.2, 0.25) is 0 Å². The third-order valence-corrected chi connectivity index (χ3v) is 2.82. The summed E-state index contributed by atoms with van der Waals surface area (Å²) < 4.78 is 0. The zero-order valence-corrected chi connectivity index (χ0v) is 10.5. The molecule has 0 aliphatic rings. The first-order chi connectivity index (χ1) is 8.49. The van der Waals surface area contributed by atoms with E-state index in [0.717, 1.165) is 5.56 Å². The fourth-order valence-electron chi connectivity index (χ4n) is 1.65. The van der Waals surface area contributed by atoms with Crippen LogP contribution >= 0.6 is 11.6 Å². The van der Waals surface area contributed by atoms with E-state index in [-0.39, 0.29) is 11.5 Å². The Kier molecular flexibility index (Phi) is 3.32. The number of hydrogen-bond donors (Lipinski definition) is 3. The molecule has 0 bridgehead atoms. The van der Waals surface area contributed by atoms with Crippen LogP contribution in [0.5, 0.6) is 11.5 Å². The molecule has 0 saturated heterocycles. The molecule has 0 heterocycles. The van der Waals surface area contributed by atoms with Crippen molar-refractivity contribution in [3.63, 3.8) is 0 Å². The van der Waals surface area contributed by atoms with Crippen LogP contribution in [0.1, 0.15) is 5.56 Å². The number of anilines is 2. The molecule has 0 saturated carbocycles. The largest absolute Gasteiger partial charge is 0.506 e. The monoisotopic (exact) mass is 264 g/mol. The second-order valence-corrected chi connectivity index (χ2v) is 4.43. The van der Waals surface area contributed by atoms with Gasteiger partial charge in [-0.05, 0) is 42.8 Å². The van der Waals surface area contributed by atoms with Crippen molar-refractivity contribution in [1.29, 1.82) is 0 Å². The highest BCUT2D eigenvalue weighted by atomic mass is 35.5. The Bertz CT molecular complexity index is 536. The van der Waals surface area contributed by atoms with Gasteiger partial charge in [0, 0.05) is 5.02 Å². The Morgan fingerprint density at radius 2 is 1.56 bits per heavy atom. The topological polar surface area (TPSA) is 69.7 Å². The zero-order chi connectivity index (χ0) is 13.3. The number of phenolic OH excluding ortho intramolecular Hbond substituents is 2. The van der Waals surface area contributed by atoms with Crippen molar-refractivity contribution < 1.29 is 10.2 Å². The number of nitrogens with two attached hydrogens (primary N) is 1. The normalized spacial score (nSPS) is 10.4. The maximum atomic E-state index is 9.79. The Hall–Kier alpha value is -1.91. The molecule has 0 aliphatic heterocycles. The number of phenols is 2. The molecule has 2 rings (SSSR count). The number of benzene rings is 2. The van der Waals surface area contributed by atoms with Gasteiger partial charge in [-0.2, -0.15) is 0 Å². The maximum Gasteiger partial charge on any atom is 0.140 e. The molecule has 0 aromatic heterocycles. The molecule has 0 aliphatic carbocycles. The van der Waals surface area contributed by atoms with Crippen molar-refractivity contribution in [2.24, 2.45) is 5.84 Å². The van der Waals surface area contributed by atoms with Crippen LogP contribution < -0.4 is 10.9 Å². The quantitative estimate of drug-likeness (QED) is 0.576. The highest BCUT2D eigenvalue weighted by molar-refractivity contribution is 6.31. The molecule has 2 aromatic carbocycles. The molecule has 18 heavy (non-hydrogen) atoms. The lowest BCUT2D eigenvalue weighted by atomic mass is 10.2. The van der Waals surface area contributed by atoms with Gasteiger partial charge in [0.25, 0.3) is 0 Å². The van der Waals surface area contributed by atoms with Crippen molar-refractivity contribution in [3.05, 3.63) is 47.0 Å². The molecule has 0 radical (unpaired) electrons. The van der Waals surface area contributed by atoms with Crippen molar-refractivity contribution in [3.8, 4) is 11.5 Å². The van der Waals surface area contributed by atoms with Crippen LogP contribution in [-0.4, -0.2) is 10.2 Å². The van der Waals surface area contributed by atoms with E-state index in [1.165, 1.54) is 17.1 Å². The molecule has 2 aromatic rings. The van der Waals surface area contributed by atoms with Crippen molar-refractivity contribution >= 4 is 23.0 Å². The Morgan fingerprint density at radius 3 is 2.22 bits per heavy atom. The van der Waals surface area contributed by atoms with Crippen molar-refractivity contribution in [2.45, 2.75) is 6.92 Å². The highest BCUT2D eigenvalue weighted by Gasteiger charge is 2.14. The first kappa shape index (κ1) is 12.5. The molecule has 5 heteroatoms. The predicted octanol–water partition coefficient (Wildman–Crippen LogP) is 3.07. The summed E-state index contributed by atoms with van der Waals surface area (Å²) in [4.78, 5) is 0. The van der Waals surface area contributed by atoms with Gasteiger partial charge in [-0.15, -0.1) is 0 Å². The summed E-state index contributed by atoms with van der Waals surface area (Å²) in [6, 6.07) is 9.57. The zero-order valence-electron chi connectivity index (χ0n) is 9.76. The number of nitrogens with zero attached hydrogens (tertiary/aromatic N) is 1. The molecular weight excluding hydrogens is 252 g/mol. The lowest BCUT2D eigenvalue weighted by Crippen LogP contribution is -2.25. The number of aromatic hydroxyl groups is 2. The number of rotatable bonds is 2. The molecule has 4 N–H and O–H groups in total. The summed E-state index contributed by atoms with van der Waals surface area (Å²) in [5.74, 6) is 5.93. The van der Waals surface area contributed by atoms with Gasteiger partial charge in [0.1, 0.15) is 17.2 Å². The van der Waals surface area contributed by atoms with Crippen LogP contribution in [-0.2, 0) is 0 Å². The van der Waals surface area contributed by atoms with E-state index >= 15 is 0 Å². The van der Waals surface area contributed by atoms with Crippen LogP contribution in [0.15, 0.2) is 36.4 Å². The van der Waals surface area contributed by atoms with Crippen molar-refractivity contribution in [2.75, 3.05) is 5.01 Å². The van der Waals surface area contributed by atoms with Gasteiger partial charge in [-0.1, -0.05) is 17.7 Å². The van der Waals surface area contributed by atoms with E-state index in [1.807, 2.05) is 6.92 Å². The summed E-state index contributed by atoms with van der Waals surface area (Å²) >= 11 is 5.86. The summed E-state index contributed by atoms with van der Waals surface area (Å²) in [6.07, 6.45) is 0. The van der Waals surface area contributed by atoms with Gasteiger partial charge in [0.05, 0.1) is 5.69 Å². The third-order valence-electron chi connectivity index (χ3n) is 2.59. The molecule has 0 fully saturated rings. The fourth-order valence-corrected chi connectivity index (χ4v) is 1.81. The van der Waals surface area contributed by atoms with Crippen molar-refractivity contribution in [1.82, 2.24) is 0 Å². The number of hydrogen-bond acceptors (Lipinski definition) is 4. The SMILES string of the molecule is Cc1ccc(O)c(N(N)c2cc(Cl)ccc2O)c1. The average molecular weight is 265 g/mol. The first-order valence-corrected chi connectivity index (χ1v) is 5.70. The van der Waals surface area contributed by atoms with E-state index in [1.54, 1.807) is 24.3 Å². The molecule has 4 nitrogen and oxygen atoms in total. The van der Waals surface area contributed by atoms with Crippen LogP contribution in [0.4, 0.5) is 11.4 Å². The van der Waals surface area contributed by atoms with Gasteiger partial charge in [-0.3, -0.25) is 5.01 Å². The lowest BCUT2D eigenvalue weighted by molar-refractivity contribution is 0.471. The maximum absolute atomic E-state index is 9.79. The predicted molar refractivity (Wildman–Crippen MR) is 72.3 cm³/mol. The third kappa shape index (κ3) is 2.34. The van der Waals surface area contributed by atoms with Crippen LogP contribution in [0, 0.1) is 6.92 Å². The summed E-state index contributed by atoms with van der Waals surface area (Å²) in [6.45, 7) is 1.88. The number of halogens is 1. The fraction of sp³-hybridized carbons (Fsp3) is 0.0769. The molecule has 94 valence electrons. The highest BCUT2D eigenvalue weighted by Crippen LogP contribution is 2.36. The van der Waals surface area contributed by atoms with Gasteiger partial charge >= 0.3 is 0 Å². The van der Waals surface area contributed by atoms with E-state index in [9.17, 15) is 10.2 Å². The minimum Gasteiger partial charge on any atom is -0.506 e. The minimum absolute atomic E-state index is 0.0113. The summed E-state index contributed by atoms with van der Waals surface area (Å²) in [5.41, 5.74) is 1.66. The standard InChI is InChI=1S/C13H13ClN2O2/c1-8-2-4-12(17)10(6-8)16(15)11-7-9(14)3-5-13(11)18/h2-7,17-18H,15H2,1H3. The summed E-state index contributed by atoms with van der Waals surface area (Å²) in [7, 11) is 0. The molecule has 0 unspecified atom stereocenters. The van der Waals surface area contributed by atoms with Crippen LogP contribution in [0.3, 0.4) is 0 Å². The number of aryl methyl sites for hydroxylation is 1.